The van der Waals surface area contributed by atoms with E-state index in [9.17, 15) is 14.7 Å². The van der Waals surface area contributed by atoms with Crippen molar-refractivity contribution in [1.29, 1.82) is 0 Å². The Morgan fingerprint density at radius 1 is 1.58 bits per heavy atom. The van der Waals surface area contributed by atoms with Gasteiger partial charge in [-0.05, 0) is 31.4 Å². The SMILES string of the molecule is CCC1(C(=O)O)CCCN1C(=O)NCc1ccco1. The molecule has 2 heterocycles. The summed E-state index contributed by atoms with van der Waals surface area (Å²) in [7, 11) is 0. The molecule has 1 fully saturated rings. The second kappa shape index (κ2) is 5.34. The van der Waals surface area contributed by atoms with E-state index in [2.05, 4.69) is 5.32 Å². The first-order chi connectivity index (χ1) is 9.10. The number of urea groups is 1. The van der Waals surface area contributed by atoms with Gasteiger partial charge in [-0.2, -0.15) is 0 Å². The molecule has 1 unspecified atom stereocenters. The predicted molar refractivity (Wildman–Crippen MR) is 67.5 cm³/mol. The fourth-order valence-corrected chi connectivity index (χ4v) is 2.59. The zero-order chi connectivity index (χ0) is 13.9. The normalized spacial score (nSPS) is 22.5. The largest absolute Gasteiger partial charge is 0.479 e. The lowest BCUT2D eigenvalue weighted by Crippen LogP contribution is -2.55. The van der Waals surface area contributed by atoms with Gasteiger partial charge in [0, 0.05) is 6.54 Å². The highest BCUT2D eigenvalue weighted by Crippen LogP contribution is 2.32. The van der Waals surface area contributed by atoms with Crippen molar-refractivity contribution in [2.75, 3.05) is 6.54 Å². The van der Waals surface area contributed by atoms with Crippen LogP contribution in [0.15, 0.2) is 22.8 Å². The van der Waals surface area contributed by atoms with Crippen molar-refractivity contribution in [2.24, 2.45) is 0 Å². The number of amides is 2. The maximum Gasteiger partial charge on any atom is 0.329 e. The summed E-state index contributed by atoms with van der Waals surface area (Å²) in [5.41, 5.74) is -1.06. The van der Waals surface area contributed by atoms with Gasteiger partial charge >= 0.3 is 12.0 Å². The molecule has 1 atom stereocenters. The zero-order valence-electron chi connectivity index (χ0n) is 10.9. The van der Waals surface area contributed by atoms with Gasteiger partial charge in [-0.3, -0.25) is 0 Å². The van der Waals surface area contributed by atoms with E-state index in [4.69, 9.17) is 4.42 Å². The van der Waals surface area contributed by atoms with Crippen molar-refractivity contribution in [3.8, 4) is 0 Å². The smallest absolute Gasteiger partial charge is 0.329 e. The molecule has 1 aromatic heterocycles. The van der Waals surface area contributed by atoms with E-state index in [-0.39, 0.29) is 12.6 Å². The quantitative estimate of drug-likeness (QED) is 0.870. The van der Waals surface area contributed by atoms with Crippen LogP contribution in [-0.2, 0) is 11.3 Å². The average molecular weight is 266 g/mol. The van der Waals surface area contributed by atoms with Gasteiger partial charge in [0.05, 0.1) is 12.8 Å². The molecule has 0 aromatic carbocycles. The molecular weight excluding hydrogens is 248 g/mol. The van der Waals surface area contributed by atoms with Crippen LogP contribution in [0, 0.1) is 0 Å². The third kappa shape index (κ3) is 2.43. The summed E-state index contributed by atoms with van der Waals surface area (Å²) in [6.07, 6.45) is 3.17. The molecule has 0 bridgehead atoms. The van der Waals surface area contributed by atoms with E-state index < -0.39 is 11.5 Å². The summed E-state index contributed by atoms with van der Waals surface area (Å²) in [5.74, 6) is -0.286. The fourth-order valence-electron chi connectivity index (χ4n) is 2.59. The number of carbonyl (C=O) groups is 2. The number of carboxylic acid groups (broad SMARTS) is 1. The third-order valence-electron chi connectivity index (χ3n) is 3.71. The second-order valence-electron chi connectivity index (χ2n) is 4.68. The first-order valence-corrected chi connectivity index (χ1v) is 6.41. The van der Waals surface area contributed by atoms with Gasteiger partial charge in [0.1, 0.15) is 11.3 Å². The van der Waals surface area contributed by atoms with Crippen LogP contribution in [0.3, 0.4) is 0 Å². The number of carboxylic acids is 1. The Morgan fingerprint density at radius 3 is 2.95 bits per heavy atom. The minimum absolute atomic E-state index is 0.266. The lowest BCUT2D eigenvalue weighted by atomic mass is 9.93. The number of carbonyl (C=O) groups excluding carboxylic acids is 1. The van der Waals surface area contributed by atoms with E-state index in [0.717, 1.165) is 0 Å². The first kappa shape index (κ1) is 13.5. The number of furan rings is 1. The molecule has 2 amide bonds. The first-order valence-electron chi connectivity index (χ1n) is 6.41. The molecule has 0 spiro atoms. The second-order valence-corrected chi connectivity index (χ2v) is 4.68. The monoisotopic (exact) mass is 266 g/mol. The molecular formula is C13H18N2O4. The van der Waals surface area contributed by atoms with Crippen LogP contribution in [0.5, 0.6) is 0 Å². The van der Waals surface area contributed by atoms with Crippen molar-refractivity contribution >= 4 is 12.0 Å². The van der Waals surface area contributed by atoms with Crippen molar-refractivity contribution in [3.05, 3.63) is 24.2 Å². The molecule has 0 radical (unpaired) electrons. The van der Waals surface area contributed by atoms with Gasteiger partial charge in [-0.1, -0.05) is 6.92 Å². The number of nitrogens with one attached hydrogen (secondary N) is 1. The van der Waals surface area contributed by atoms with Crippen molar-refractivity contribution < 1.29 is 19.1 Å². The van der Waals surface area contributed by atoms with Crippen LogP contribution in [-0.4, -0.2) is 34.1 Å². The maximum atomic E-state index is 12.1. The molecule has 1 aliphatic rings. The van der Waals surface area contributed by atoms with Gasteiger partial charge < -0.3 is 19.7 Å². The van der Waals surface area contributed by atoms with Gasteiger partial charge in [0.2, 0.25) is 0 Å². The van der Waals surface area contributed by atoms with Crippen molar-refractivity contribution in [2.45, 2.75) is 38.3 Å². The number of nitrogens with zero attached hydrogens (tertiary/aromatic N) is 1. The van der Waals surface area contributed by atoms with Crippen molar-refractivity contribution in [1.82, 2.24) is 10.2 Å². The summed E-state index contributed by atoms with van der Waals surface area (Å²) >= 11 is 0. The lowest BCUT2D eigenvalue weighted by molar-refractivity contribution is -0.148. The Balaban J connectivity index is 2.03. The summed E-state index contributed by atoms with van der Waals surface area (Å²) in [6, 6.07) is 3.15. The van der Waals surface area contributed by atoms with Crippen LogP contribution < -0.4 is 5.32 Å². The Kier molecular flexibility index (Phi) is 3.78. The Labute approximate surface area is 111 Å². The number of hydrogen-bond donors (Lipinski definition) is 2. The number of hydrogen-bond acceptors (Lipinski definition) is 3. The van der Waals surface area contributed by atoms with Gasteiger partial charge in [-0.15, -0.1) is 0 Å². The number of likely N-dealkylation sites (tertiary alicyclic amines) is 1. The topological polar surface area (TPSA) is 82.8 Å². The summed E-state index contributed by atoms with van der Waals surface area (Å²) in [6.45, 7) is 2.54. The summed E-state index contributed by atoms with van der Waals surface area (Å²) < 4.78 is 5.12. The van der Waals surface area contributed by atoms with Crippen LogP contribution in [0.1, 0.15) is 31.9 Å². The van der Waals surface area contributed by atoms with E-state index in [1.54, 1.807) is 19.1 Å². The molecule has 2 N–H and O–H groups in total. The summed E-state index contributed by atoms with van der Waals surface area (Å²) in [4.78, 5) is 25.0. The molecule has 1 aromatic rings. The third-order valence-corrected chi connectivity index (χ3v) is 3.71. The van der Waals surface area contributed by atoms with E-state index in [1.807, 2.05) is 0 Å². The average Bonchev–Trinajstić information content (AvgIpc) is 3.05. The van der Waals surface area contributed by atoms with Crippen LogP contribution in [0.25, 0.3) is 0 Å². The highest BCUT2D eigenvalue weighted by molar-refractivity contribution is 5.87. The molecule has 104 valence electrons. The molecule has 2 rings (SSSR count). The van der Waals surface area contributed by atoms with Crippen LogP contribution >= 0.6 is 0 Å². The number of aliphatic carboxylic acids is 1. The molecule has 6 heteroatoms. The standard InChI is InChI=1S/C13H18N2O4/c1-2-13(11(16)17)6-4-7-15(13)12(18)14-9-10-5-3-8-19-10/h3,5,8H,2,4,6-7,9H2,1H3,(H,14,18)(H,16,17). The molecule has 19 heavy (non-hydrogen) atoms. The van der Waals surface area contributed by atoms with Gasteiger partial charge in [0.25, 0.3) is 0 Å². The predicted octanol–water partition coefficient (Wildman–Crippen LogP) is 1.82. The Hall–Kier alpha value is -1.98. The van der Waals surface area contributed by atoms with Crippen molar-refractivity contribution in [3.63, 3.8) is 0 Å². The van der Waals surface area contributed by atoms with E-state index in [1.165, 1.54) is 11.2 Å². The minimum atomic E-state index is -1.06. The molecule has 0 saturated carbocycles. The minimum Gasteiger partial charge on any atom is -0.479 e. The molecule has 0 aliphatic carbocycles. The molecule has 1 aliphatic heterocycles. The zero-order valence-corrected chi connectivity index (χ0v) is 10.9. The lowest BCUT2D eigenvalue weighted by Gasteiger charge is -2.33. The van der Waals surface area contributed by atoms with Gasteiger partial charge in [0.15, 0.2) is 0 Å². The molecule has 6 nitrogen and oxygen atoms in total. The number of rotatable bonds is 4. The summed E-state index contributed by atoms with van der Waals surface area (Å²) in [5, 5.41) is 12.1. The maximum absolute atomic E-state index is 12.1. The highest BCUT2D eigenvalue weighted by Gasteiger charge is 2.48. The van der Waals surface area contributed by atoms with Crippen LogP contribution in [0.2, 0.25) is 0 Å². The van der Waals surface area contributed by atoms with Crippen LogP contribution in [0.4, 0.5) is 4.79 Å². The van der Waals surface area contributed by atoms with Gasteiger partial charge in [-0.25, -0.2) is 9.59 Å². The fraction of sp³-hybridized carbons (Fsp3) is 0.538. The highest BCUT2D eigenvalue weighted by atomic mass is 16.4. The molecule has 1 saturated heterocycles. The van der Waals surface area contributed by atoms with E-state index in [0.29, 0.717) is 31.6 Å². The van der Waals surface area contributed by atoms with E-state index >= 15 is 0 Å². The Morgan fingerprint density at radius 2 is 2.37 bits per heavy atom. The Bertz CT molecular complexity index is 457.